The van der Waals surface area contributed by atoms with Crippen molar-refractivity contribution in [2.45, 2.75) is 113 Å². The molecule has 1 atom stereocenters. The van der Waals surface area contributed by atoms with Gasteiger partial charge in [0, 0.05) is 0 Å². The molecule has 0 aliphatic heterocycles. The fraction of sp³-hybridized carbons (Fsp3) is 0.388. The molecule has 0 radical (unpaired) electrons. The molecular formula is C49H60Cl2Zr-2. The van der Waals surface area contributed by atoms with Crippen LogP contribution in [0.3, 0.4) is 0 Å². The summed E-state index contributed by atoms with van der Waals surface area (Å²) in [4.78, 5) is 0. The molecule has 0 heterocycles. The zero-order chi connectivity index (χ0) is 36.9. The van der Waals surface area contributed by atoms with E-state index >= 15 is 0 Å². The molecule has 0 N–H and O–H groups in total. The van der Waals surface area contributed by atoms with Gasteiger partial charge in [-0.3, -0.25) is 6.08 Å². The van der Waals surface area contributed by atoms with Crippen molar-refractivity contribution in [3.05, 3.63) is 148 Å². The molecule has 276 valence electrons. The largest absolute Gasteiger partial charge is 1.00 e. The number of allylic oxidation sites excluding steroid dienone is 4. The van der Waals surface area contributed by atoms with Crippen LogP contribution in [0.15, 0.2) is 109 Å². The number of rotatable bonds is 5. The third-order valence-electron chi connectivity index (χ3n) is 9.69. The van der Waals surface area contributed by atoms with E-state index in [4.69, 9.17) is 0 Å². The number of hydrogen-bond donors (Lipinski definition) is 0. The molecule has 52 heavy (non-hydrogen) atoms. The van der Waals surface area contributed by atoms with E-state index < -0.39 is 0 Å². The first-order valence-electron chi connectivity index (χ1n) is 18.5. The van der Waals surface area contributed by atoms with Crippen LogP contribution in [0, 0.1) is 31.3 Å². The summed E-state index contributed by atoms with van der Waals surface area (Å²) in [5.41, 5.74) is 10.3. The Labute approximate surface area is 344 Å². The quantitative estimate of drug-likeness (QED) is 0.159. The molecule has 0 spiro atoms. The van der Waals surface area contributed by atoms with Crippen molar-refractivity contribution >= 4 is 24.8 Å². The van der Waals surface area contributed by atoms with Crippen molar-refractivity contribution in [1.82, 2.24) is 0 Å². The minimum absolute atomic E-state index is 0. The van der Waals surface area contributed by atoms with Crippen LogP contribution >= 0.6 is 0 Å². The zero-order valence-corrected chi connectivity index (χ0v) is 37.7. The smallest absolute Gasteiger partial charge is 1.00 e. The molecule has 5 aromatic carbocycles. The summed E-state index contributed by atoms with van der Waals surface area (Å²) >= 11 is 1.46. The Morgan fingerprint density at radius 2 is 1.06 bits per heavy atom. The van der Waals surface area contributed by atoms with Crippen molar-refractivity contribution in [1.29, 1.82) is 0 Å². The van der Waals surface area contributed by atoms with Gasteiger partial charge in [0.15, 0.2) is 0 Å². The average Bonchev–Trinajstić information content (AvgIpc) is 3.68. The number of aryl methyl sites for hydroxylation is 2. The van der Waals surface area contributed by atoms with Gasteiger partial charge in [-0.05, 0) is 10.8 Å². The number of fused-ring (bicyclic) bond motifs is 3. The maximum absolute atomic E-state index is 3.43. The zero-order valence-electron chi connectivity index (χ0n) is 33.8. The Kier molecular flexibility index (Phi) is 16.9. The van der Waals surface area contributed by atoms with Crippen molar-refractivity contribution in [2.75, 3.05) is 0 Å². The van der Waals surface area contributed by atoms with Crippen LogP contribution in [0.2, 0.25) is 0 Å². The second-order valence-electron chi connectivity index (χ2n) is 17.3. The summed E-state index contributed by atoms with van der Waals surface area (Å²) in [6.45, 7) is 26.9. The van der Waals surface area contributed by atoms with Crippen molar-refractivity contribution in [3.63, 3.8) is 0 Å². The number of unbranched alkanes of at least 4 members (excludes halogenated alkanes) is 1. The first-order chi connectivity index (χ1) is 23.4. The van der Waals surface area contributed by atoms with Crippen molar-refractivity contribution < 1.29 is 49.0 Å². The Morgan fingerprint density at radius 1 is 0.635 bits per heavy atom. The van der Waals surface area contributed by atoms with Crippen LogP contribution in [0.4, 0.5) is 0 Å². The predicted molar refractivity (Wildman–Crippen MR) is 218 cm³/mol. The molecular weight excluding hydrogens is 751 g/mol. The first kappa shape index (κ1) is 45.7. The number of halogens is 2. The minimum Gasteiger partial charge on any atom is -1.00 e. The topological polar surface area (TPSA) is 0 Å². The molecule has 0 saturated carbocycles. The Balaban J connectivity index is 0.000000273. The molecule has 0 aromatic heterocycles. The van der Waals surface area contributed by atoms with E-state index in [1.54, 1.807) is 0 Å². The van der Waals surface area contributed by atoms with Gasteiger partial charge in [-0.15, -0.1) is 39.7 Å². The SMILES string of the molecule is CC(C)(C)c1ccc2c(c1)[cH-]c1cc(C(C)(C)C)ccc12.CCCCC1[C-]=CC(C(C)(C)C)=C1.Cc1ccc([C](=[Zr+2])c2ccc(C)cc2)cc1.[Cl-].[Cl-]. The maximum Gasteiger partial charge on any atom is -1.00 e. The van der Waals surface area contributed by atoms with E-state index in [1.807, 2.05) is 0 Å². The van der Waals surface area contributed by atoms with Gasteiger partial charge in [0.2, 0.25) is 0 Å². The first-order valence-corrected chi connectivity index (χ1v) is 19.8. The maximum atomic E-state index is 3.43. The van der Waals surface area contributed by atoms with Gasteiger partial charge in [0.25, 0.3) is 0 Å². The molecule has 1 unspecified atom stereocenters. The molecule has 0 saturated heterocycles. The fourth-order valence-electron chi connectivity index (χ4n) is 6.13. The van der Waals surface area contributed by atoms with Crippen LogP contribution < -0.4 is 24.8 Å². The van der Waals surface area contributed by atoms with Crippen molar-refractivity contribution in [3.8, 4) is 0 Å². The third-order valence-corrected chi connectivity index (χ3v) is 11.1. The van der Waals surface area contributed by atoms with Crippen LogP contribution in [-0.2, 0) is 35.1 Å². The van der Waals surface area contributed by atoms with Gasteiger partial charge in [0.05, 0.1) is 0 Å². The van der Waals surface area contributed by atoms with E-state index in [0.29, 0.717) is 11.3 Å². The van der Waals surface area contributed by atoms with Gasteiger partial charge in [-0.1, -0.05) is 135 Å². The van der Waals surface area contributed by atoms with E-state index in [-0.39, 0.29) is 35.6 Å². The second-order valence-corrected chi connectivity index (χ2v) is 18.5. The summed E-state index contributed by atoms with van der Waals surface area (Å²) in [6, 6.07) is 33.7. The predicted octanol–water partition coefficient (Wildman–Crippen LogP) is 7.87. The molecule has 0 amide bonds. The van der Waals surface area contributed by atoms with Crippen LogP contribution in [0.25, 0.3) is 21.5 Å². The van der Waals surface area contributed by atoms with Crippen LogP contribution in [-0.4, -0.2) is 3.21 Å². The second kappa shape index (κ2) is 19.2. The summed E-state index contributed by atoms with van der Waals surface area (Å²) in [7, 11) is 0. The third kappa shape index (κ3) is 12.6. The molecule has 1 aliphatic carbocycles. The molecule has 0 fully saturated rings. The normalized spacial score (nSPS) is 14.0. The van der Waals surface area contributed by atoms with Gasteiger partial charge in [0.1, 0.15) is 0 Å². The van der Waals surface area contributed by atoms with E-state index in [0.717, 1.165) is 0 Å². The van der Waals surface area contributed by atoms with Crippen LogP contribution in [0.1, 0.15) is 122 Å². The molecule has 3 heteroatoms. The summed E-state index contributed by atoms with van der Waals surface area (Å²) in [6.07, 6.45) is 11.9. The number of benzene rings is 4. The summed E-state index contributed by atoms with van der Waals surface area (Å²) in [5, 5.41) is 5.48. The molecule has 6 rings (SSSR count). The average molecular weight is 811 g/mol. The number of hydrogen-bond acceptors (Lipinski definition) is 0. The Bertz CT molecular complexity index is 1830. The molecule has 1 aliphatic rings. The van der Waals surface area contributed by atoms with E-state index in [1.165, 1.54) is 107 Å². The van der Waals surface area contributed by atoms with E-state index in [2.05, 4.69) is 192 Å². The Morgan fingerprint density at radius 3 is 1.40 bits per heavy atom. The minimum atomic E-state index is 0. The van der Waals surface area contributed by atoms with Gasteiger partial charge >= 0.3 is 112 Å². The van der Waals surface area contributed by atoms with Gasteiger partial charge in [-0.25, -0.2) is 6.08 Å². The fourth-order valence-corrected chi connectivity index (χ4v) is 6.95. The summed E-state index contributed by atoms with van der Waals surface area (Å²) < 4.78 is 1.42. The summed E-state index contributed by atoms with van der Waals surface area (Å²) in [5.74, 6) is 0.592. The van der Waals surface area contributed by atoms with Gasteiger partial charge < -0.3 is 24.8 Å². The van der Waals surface area contributed by atoms with E-state index in [9.17, 15) is 0 Å². The Hall–Kier alpha value is -2.44. The molecule has 5 aromatic rings. The monoisotopic (exact) mass is 808 g/mol. The standard InChI is InChI=1S/C21H25.C15H14.C13H21.2ClH.Zr/c1-20(2,3)16-7-9-18-14(12-16)11-15-13-17(21(4,5)6)8-10-19(15)18;1-12-3-7-14(8-4-12)11-15-9-5-13(2)6-10-15;1-5-6-7-11-8-9-12(10-11)13(2,3)4;;;/h7-13H,1-6H3;3-10H,1-2H3;9-11H,5-7H2,1-4H3;2*1H;/q-1;;-1;;;+2/p-2. The molecule has 0 nitrogen and oxygen atoms in total. The molecule has 0 bridgehead atoms. The van der Waals surface area contributed by atoms with Crippen molar-refractivity contribution in [2.24, 2.45) is 11.3 Å². The van der Waals surface area contributed by atoms with Crippen LogP contribution in [0.5, 0.6) is 0 Å². The van der Waals surface area contributed by atoms with Gasteiger partial charge in [-0.2, -0.15) is 11.6 Å².